The highest BCUT2D eigenvalue weighted by Crippen LogP contribution is 2.18. The summed E-state index contributed by atoms with van der Waals surface area (Å²) in [4.78, 5) is 23.7. The van der Waals surface area contributed by atoms with Gasteiger partial charge in [-0.25, -0.2) is 0 Å². The first-order chi connectivity index (χ1) is 11.5. The van der Waals surface area contributed by atoms with Crippen molar-refractivity contribution in [3.8, 4) is 0 Å². The minimum Gasteiger partial charge on any atom is -0.459 e. The van der Waals surface area contributed by atoms with Crippen molar-refractivity contribution in [1.29, 1.82) is 0 Å². The maximum absolute atomic E-state index is 12.1. The Hall–Kier alpha value is -2.56. The molecule has 1 heterocycles. The number of carbonyl (C=O) groups excluding carboxylic acids is 2. The first kappa shape index (κ1) is 17.8. The van der Waals surface area contributed by atoms with Crippen molar-refractivity contribution in [2.75, 3.05) is 6.54 Å². The predicted octanol–water partition coefficient (Wildman–Crippen LogP) is 3.28. The molecule has 2 N–H and O–H groups in total. The highest BCUT2D eigenvalue weighted by atomic mass is 16.3. The van der Waals surface area contributed by atoms with E-state index in [0.717, 1.165) is 5.56 Å². The molecule has 1 aromatic heterocycles. The topological polar surface area (TPSA) is 71.3 Å². The molecule has 0 saturated carbocycles. The fraction of sp³-hybridized carbons (Fsp3) is 0.368. The number of benzene rings is 1. The molecule has 2 amide bonds. The molecule has 0 aliphatic rings. The van der Waals surface area contributed by atoms with Gasteiger partial charge in [0.15, 0.2) is 5.76 Å². The Morgan fingerprint density at radius 1 is 1.21 bits per heavy atom. The second kappa shape index (κ2) is 8.34. The van der Waals surface area contributed by atoms with E-state index in [1.54, 1.807) is 12.1 Å². The first-order valence-corrected chi connectivity index (χ1v) is 8.15. The van der Waals surface area contributed by atoms with Gasteiger partial charge in [0, 0.05) is 13.0 Å². The van der Waals surface area contributed by atoms with Crippen molar-refractivity contribution in [2.45, 2.75) is 39.7 Å². The van der Waals surface area contributed by atoms with Crippen LogP contribution in [-0.4, -0.2) is 18.4 Å². The summed E-state index contributed by atoms with van der Waals surface area (Å²) in [5.41, 5.74) is 3.48. The van der Waals surface area contributed by atoms with Gasteiger partial charge >= 0.3 is 0 Å². The molecule has 128 valence electrons. The molecular weight excluding hydrogens is 304 g/mol. The number of amides is 2. The first-order valence-electron chi connectivity index (χ1n) is 8.15. The highest BCUT2D eigenvalue weighted by Gasteiger charge is 2.12. The van der Waals surface area contributed by atoms with E-state index in [2.05, 4.69) is 28.8 Å². The summed E-state index contributed by atoms with van der Waals surface area (Å²) in [6.45, 7) is 6.50. The minimum absolute atomic E-state index is 0.0179. The molecule has 2 rings (SSSR count). The Morgan fingerprint density at radius 2 is 2.00 bits per heavy atom. The van der Waals surface area contributed by atoms with E-state index in [0.29, 0.717) is 19.4 Å². The minimum atomic E-state index is -0.260. The zero-order chi connectivity index (χ0) is 17.5. The Labute approximate surface area is 142 Å². The Morgan fingerprint density at radius 3 is 2.71 bits per heavy atom. The van der Waals surface area contributed by atoms with Crippen molar-refractivity contribution >= 4 is 11.8 Å². The third-order valence-corrected chi connectivity index (χ3v) is 3.89. The van der Waals surface area contributed by atoms with Crippen molar-refractivity contribution in [1.82, 2.24) is 10.6 Å². The normalized spacial score (nSPS) is 11.8. The molecule has 5 nitrogen and oxygen atoms in total. The maximum Gasteiger partial charge on any atom is 0.286 e. The molecule has 5 heteroatoms. The zero-order valence-electron chi connectivity index (χ0n) is 14.4. The predicted molar refractivity (Wildman–Crippen MR) is 92.7 cm³/mol. The van der Waals surface area contributed by atoms with Crippen LogP contribution in [0.4, 0.5) is 0 Å². The van der Waals surface area contributed by atoms with Crippen molar-refractivity contribution in [2.24, 2.45) is 0 Å². The molecular formula is C19H24N2O3. The van der Waals surface area contributed by atoms with Crippen molar-refractivity contribution in [3.63, 3.8) is 0 Å². The zero-order valence-corrected chi connectivity index (χ0v) is 14.4. The van der Waals surface area contributed by atoms with Crippen LogP contribution in [0.15, 0.2) is 41.0 Å². The average molecular weight is 328 g/mol. The van der Waals surface area contributed by atoms with E-state index < -0.39 is 0 Å². The Bertz CT molecular complexity index is 693. The maximum atomic E-state index is 12.1. The molecule has 24 heavy (non-hydrogen) atoms. The largest absolute Gasteiger partial charge is 0.459 e. The second-order valence-corrected chi connectivity index (χ2v) is 5.99. The summed E-state index contributed by atoms with van der Waals surface area (Å²) in [5, 5.41) is 5.74. The average Bonchev–Trinajstić information content (AvgIpc) is 3.08. The number of hydrogen-bond donors (Lipinski definition) is 2. The molecule has 2 aromatic rings. The summed E-state index contributed by atoms with van der Waals surface area (Å²) < 4.78 is 5.00. The lowest BCUT2D eigenvalue weighted by Crippen LogP contribution is -2.29. The van der Waals surface area contributed by atoms with Gasteiger partial charge in [0.2, 0.25) is 5.91 Å². The van der Waals surface area contributed by atoms with Crippen LogP contribution in [0, 0.1) is 13.8 Å². The van der Waals surface area contributed by atoms with Crippen LogP contribution in [0.1, 0.15) is 53.1 Å². The fourth-order valence-electron chi connectivity index (χ4n) is 2.56. The standard InChI is InChI=1S/C19H24N2O3/c1-13-8-9-14(2)16(12-13)15(3)21-18(22)7-4-10-20-19(23)17-6-5-11-24-17/h5-6,8-9,11-12,15H,4,7,10H2,1-3H3,(H,20,23)(H,21,22)/t15-/m1/s1. The van der Waals surface area contributed by atoms with Gasteiger partial charge in [-0.2, -0.15) is 0 Å². The number of hydrogen-bond acceptors (Lipinski definition) is 3. The summed E-state index contributed by atoms with van der Waals surface area (Å²) >= 11 is 0. The molecule has 0 aliphatic heterocycles. The molecule has 0 aliphatic carbocycles. The molecule has 1 aromatic carbocycles. The Kier molecular flexibility index (Phi) is 6.18. The van der Waals surface area contributed by atoms with Crippen molar-refractivity contribution < 1.29 is 14.0 Å². The van der Waals surface area contributed by atoms with Crippen molar-refractivity contribution in [3.05, 3.63) is 59.0 Å². The molecule has 0 spiro atoms. The van der Waals surface area contributed by atoms with Gasteiger partial charge in [-0.05, 0) is 50.5 Å². The number of nitrogens with one attached hydrogen (secondary N) is 2. The SMILES string of the molecule is Cc1ccc(C)c([C@@H](C)NC(=O)CCCNC(=O)c2ccco2)c1. The van der Waals surface area contributed by atoms with Crippen LogP contribution in [0.3, 0.4) is 0 Å². The number of aryl methyl sites for hydroxylation is 2. The molecule has 0 saturated heterocycles. The molecule has 0 fully saturated rings. The smallest absolute Gasteiger partial charge is 0.286 e. The summed E-state index contributed by atoms with van der Waals surface area (Å²) in [6, 6.07) is 9.47. The second-order valence-electron chi connectivity index (χ2n) is 5.99. The number of rotatable bonds is 7. The summed E-state index contributed by atoms with van der Waals surface area (Å²) in [6.07, 6.45) is 2.41. The lowest BCUT2D eigenvalue weighted by Gasteiger charge is -2.17. The van der Waals surface area contributed by atoms with Gasteiger partial charge in [-0.1, -0.05) is 23.8 Å². The molecule has 0 radical (unpaired) electrons. The van der Waals surface area contributed by atoms with E-state index in [1.807, 2.05) is 20.8 Å². The molecule has 1 atom stereocenters. The van der Waals surface area contributed by atoms with Crippen LogP contribution in [-0.2, 0) is 4.79 Å². The monoisotopic (exact) mass is 328 g/mol. The van der Waals surface area contributed by atoms with E-state index >= 15 is 0 Å². The van der Waals surface area contributed by atoms with E-state index in [4.69, 9.17) is 4.42 Å². The fourth-order valence-corrected chi connectivity index (χ4v) is 2.56. The van der Waals surface area contributed by atoms with Gasteiger partial charge in [-0.3, -0.25) is 9.59 Å². The quantitative estimate of drug-likeness (QED) is 0.766. The lowest BCUT2D eigenvalue weighted by atomic mass is 10.00. The molecule has 0 unspecified atom stereocenters. The van der Waals surface area contributed by atoms with Gasteiger partial charge in [-0.15, -0.1) is 0 Å². The highest BCUT2D eigenvalue weighted by molar-refractivity contribution is 5.91. The lowest BCUT2D eigenvalue weighted by molar-refractivity contribution is -0.121. The van der Waals surface area contributed by atoms with E-state index in [9.17, 15) is 9.59 Å². The van der Waals surface area contributed by atoms with Gasteiger partial charge in [0.1, 0.15) is 0 Å². The number of furan rings is 1. The number of carbonyl (C=O) groups is 2. The van der Waals surface area contributed by atoms with Gasteiger partial charge < -0.3 is 15.1 Å². The van der Waals surface area contributed by atoms with Crippen LogP contribution in [0.5, 0.6) is 0 Å². The van der Waals surface area contributed by atoms with Crippen LogP contribution in [0.2, 0.25) is 0 Å². The third-order valence-electron chi connectivity index (χ3n) is 3.89. The van der Waals surface area contributed by atoms with Crippen LogP contribution in [0.25, 0.3) is 0 Å². The van der Waals surface area contributed by atoms with Gasteiger partial charge in [0.25, 0.3) is 5.91 Å². The molecule has 0 bridgehead atoms. The summed E-state index contributed by atoms with van der Waals surface area (Å²) in [5.74, 6) is 0.00260. The van der Waals surface area contributed by atoms with Crippen LogP contribution < -0.4 is 10.6 Å². The van der Waals surface area contributed by atoms with E-state index in [1.165, 1.54) is 17.4 Å². The summed E-state index contributed by atoms with van der Waals surface area (Å²) in [7, 11) is 0. The van der Waals surface area contributed by atoms with E-state index in [-0.39, 0.29) is 23.6 Å². The van der Waals surface area contributed by atoms with Gasteiger partial charge in [0.05, 0.1) is 12.3 Å². The van der Waals surface area contributed by atoms with Crippen LogP contribution >= 0.6 is 0 Å². The third kappa shape index (κ3) is 4.98. The Balaban J connectivity index is 1.73.